The third-order valence-corrected chi connectivity index (χ3v) is 8.11. The molecule has 4 rings (SSSR count). The summed E-state index contributed by atoms with van der Waals surface area (Å²) < 4.78 is 35.5. The molecule has 0 aliphatic carbocycles. The first-order valence-corrected chi connectivity index (χ1v) is 13.4. The van der Waals surface area contributed by atoms with Crippen LogP contribution in [-0.2, 0) is 10.0 Å². The topological polar surface area (TPSA) is 75.7 Å². The summed E-state index contributed by atoms with van der Waals surface area (Å²) in [7, 11) is -2.48. The summed E-state index contributed by atoms with van der Waals surface area (Å²) >= 11 is 0. The lowest BCUT2D eigenvalue weighted by Crippen LogP contribution is -2.38. The van der Waals surface area contributed by atoms with Crippen molar-refractivity contribution in [2.24, 2.45) is 5.92 Å². The number of aryl methyl sites for hydroxylation is 1. The molecule has 1 aliphatic rings. The van der Waals surface area contributed by atoms with E-state index in [9.17, 15) is 13.2 Å². The summed E-state index contributed by atoms with van der Waals surface area (Å²) in [6.45, 7) is 5.45. The van der Waals surface area contributed by atoms with Gasteiger partial charge in [-0.15, -0.1) is 0 Å². The number of hydrogen-bond donors (Lipinski definition) is 1. The number of hydrogen-bond acceptors (Lipinski definition) is 4. The van der Waals surface area contributed by atoms with E-state index in [1.165, 1.54) is 19.2 Å². The van der Waals surface area contributed by atoms with E-state index in [0.29, 0.717) is 24.8 Å². The maximum absolute atomic E-state index is 13.6. The van der Waals surface area contributed by atoms with Gasteiger partial charge in [0.1, 0.15) is 5.75 Å². The van der Waals surface area contributed by atoms with Crippen LogP contribution in [0.5, 0.6) is 5.75 Å². The van der Waals surface area contributed by atoms with E-state index in [0.717, 1.165) is 29.5 Å². The fraction of sp³-hybridized carbons (Fsp3) is 0.321. The molecule has 3 aromatic carbocycles. The van der Waals surface area contributed by atoms with E-state index < -0.39 is 16.1 Å². The predicted molar refractivity (Wildman–Crippen MR) is 137 cm³/mol. The summed E-state index contributed by atoms with van der Waals surface area (Å²) in [6, 6.07) is 21.1. The molecule has 3 aromatic rings. The van der Waals surface area contributed by atoms with Gasteiger partial charge in [-0.2, -0.15) is 4.72 Å². The largest absolute Gasteiger partial charge is 0.496 e. The lowest BCUT2D eigenvalue weighted by atomic mass is 9.96. The van der Waals surface area contributed by atoms with Gasteiger partial charge in [-0.1, -0.05) is 61.5 Å². The van der Waals surface area contributed by atoms with E-state index >= 15 is 0 Å². The number of nitrogens with zero attached hydrogens (tertiary/aromatic N) is 1. The van der Waals surface area contributed by atoms with Crippen molar-refractivity contribution in [2.45, 2.75) is 37.6 Å². The number of amides is 1. The molecule has 0 radical (unpaired) electrons. The van der Waals surface area contributed by atoms with Crippen molar-refractivity contribution in [3.8, 4) is 5.75 Å². The lowest BCUT2D eigenvalue weighted by molar-refractivity contribution is 0.0693. The number of ether oxygens (including phenoxy) is 1. The Morgan fingerprint density at radius 3 is 2.31 bits per heavy atom. The van der Waals surface area contributed by atoms with Gasteiger partial charge in [-0.3, -0.25) is 4.79 Å². The van der Waals surface area contributed by atoms with Gasteiger partial charge in [-0.25, -0.2) is 8.42 Å². The third-order valence-electron chi connectivity index (χ3n) is 6.69. The minimum atomic E-state index is -3.97. The zero-order chi connectivity index (χ0) is 25.0. The number of methoxy groups -OCH3 is 1. The summed E-state index contributed by atoms with van der Waals surface area (Å²) in [6.07, 6.45) is 1.87. The number of likely N-dealkylation sites (tertiary alicyclic amines) is 1. The van der Waals surface area contributed by atoms with Crippen molar-refractivity contribution >= 4 is 15.9 Å². The molecule has 1 N–H and O–H groups in total. The second-order valence-electron chi connectivity index (χ2n) is 9.16. The van der Waals surface area contributed by atoms with Gasteiger partial charge in [0.15, 0.2) is 0 Å². The number of benzene rings is 3. The van der Waals surface area contributed by atoms with Crippen molar-refractivity contribution in [1.82, 2.24) is 9.62 Å². The van der Waals surface area contributed by atoms with E-state index in [-0.39, 0.29) is 16.4 Å². The average molecular weight is 493 g/mol. The molecule has 184 valence electrons. The van der Waals surface area contributed by atoms with E-state index in [1.54, 1.807) is 11.0 Å². The molecule has 35 heavy (non-hydrogen) atoms. The van der Waals surface area contributed by atoms with Crippen molar-refractivity contribution in [2.75, 3.05) is 20.2 Å². The summed E-state index contributed by atoms with van der Waals surface area (Å²) in [5.41, 5.74) is 2.94. The van der Waals surface area contributed by atoms with Crippen LogP contribution in [0.1, 0.15) is 52.9 Å². The molecule has 1 atom stereocenters. The van der Waals surface area contributed by atoms with Gasteiger partial charge in [0.05, 0.1) is 23.6 Å². The molecule has 1 amide bonds. The van der Waals surface area contributed by atoms with Gasteiger partial charge < -0.3 is 9.64 Å². The average Bonchev–Trinajstić information content (AvgIpc) is 2.88. The lowest BCUT2D eigenvalue weighted by Gasteiger charge is -2.30. The third kappa shape index (κ3) is 5.57. The second-order valence-corrected chi connectivity index (χ2v) is 10.9. The van der Waals surface area contributed by atoms with Crippen LogP contribution in [0.2, 0.25) is 0 Å². The zero-order valence-corrected chi connectivity index (χ0v) is 21.2. The minimum Gasteiger partial charge on any atom is -0.496 e. The molecule has 0 bridgehead atoms. The highest BCUT2D eigenvalue weighted by Crippen LogP contribution is 2.30. The standard InChI is InChI=1S/C28H32N2O4S/c1-20-15-17-30(18-16-20)28(31)25-19-23(13-14-26(25)34-3)35(32,33)29-27(22-10-5-4-6-11-22)24-12-8-7-9-21(24)2/h4-14,19-20,27,29H,15-18H2,1-3H3/t27-/m0/s1. The number of rotatable bonds is 7. The smallest absolute Gasteiger partial charge is 0.257 e. The van der Waals surface area contributed by atoms with Gasteiger partial charge in [0, 0.05) is 13.1 Å². The van der Waals surface area contributed by atoms with Crippen LogP contribution in [0.15, 0.2) is 77.7 Å². The molecule has 1 saturated heterocycles. The van der Waals surface area contributed by atoms with Crippen LogP contribution in [0.3, 0.4) is 0 Å². The Bertz CT molecular complexity index is 1280. The fourth-order valence-electron chi connectivity index (χ4n) is 4.49. The Morgan fingerprint density at radius 2 is 1.66 bits per heavy atom. The second kappa shape index (κ2) is 10.6. The SMILES string of the molecule is COc1ccc(S(=O)(=O)N[C@@H](c2ccccc2)c2ccccc2C)cc1C(=O)N1CCC(C)CC1. The van der Waals surface area contributed by atoms with Crippen LogP contribution in [-0.4, -0.2) is 39.4 Å². The zero-order valence-electron chi connectivity index (χ0n) is 20.4. The Balaban J connectivity index is 1.70. The van der Waals surface area contributed by atoms with Crippen LogP contribution >= 0.6 is 0 Å². The maximum atomic E-state index is 13.6. The predicted octanol–water partition coefficient (Wildman–Crippen LogP) is 4.94. The monoisotopic (exact) mass is 492 g/mol. The molecular weight excluding hydrogens is 460 g/mol. The van der Waals surface area contributed by atoms with E-state index in [4.69, 9.17) is 4.74 Å². The Labute approximate surface area is 208 Å². The molecule has 1 fully saturated rings. The highest BCUT2D eigenvalue weighted by Gasteiger charge is 2.28. The summed E-state index contributed by atoms with van der Waals surface area (Å²) in [4.78, 5) is 15.1. The first-order chi connectivity index (χ1) is 16.8. The molecule has 0 aromatic heterocycles. The molecule has 0 saturated carbocycles. The first kappa shape index (κ1) is 24.9. The highest BCUT2D eigenvalue weighted by atomic mass is 32.2. The van der Waals surface area contributed by atoms with Gasteiger partial charge >= 0.3 is 0 Å². The normalized spacial score (nSPS) is 15.6. The first-order valence-electron chi connectivity index (χ1n) is 11.9. The van der Waals surface area contributed by atoms with Gasteiger partial charge in [0.2, 0.25) is 10.0 Å². The van der Waals surface area contributed by atoms with Gasteiger partial charge in [0.25, 0.3) is 5.91 Å². The Morgan fingerprint density at radius 1 is 1.00 bits per heavy atom. The molecule has 1 heterocycles. The van der Waals surface area contributed by atoms with Crippen LogP contribution < -0.4 is 9.46 Å². The molecular formula is C28H32N2O4S. The number of carbonyl (C=O) groups excluding carboxylic acids is 1. The summed E-state index contributed by atoms with van der Waals surface area (Å²) in [5.74, 6) is 0.739. The Hall–Kier alpha value is -3.16. The quantitative estimate of drug-likeness (QED) is 0.507. The number of carbonyl (C=O) groups is 1. The van der Waals surface area contributed by atoms with Crippen molar-refractivity contribution in [1.29, 1.82) is 0 Å². The molecule has 0 spiro atoms. The number of piperidine rings is 1. The van der Waals surface area contributed by atoms with Crippen LogP contribution in [0.4, 0.5) is 0 Å². The number of sulfonamides is 1. The Kier molecular flexibility index (Phi) is 7.57. The van der Waals surface area contributed by atoms with E-state index in [2.05, 4.69) is 11.6 Å². The minimum absolute atomic E-state index is 0.0292. The summed E-state index contributed by atoms with van der Waals surface area (Å²) in [5, 5.41) is 0. The number of nitrogens with one attached hydrogen (secondary N) is 1. The highest BCUT2D eigenvalue weighted by molar-refractivity contribution is 7.89. The van der Waals surface area contributed by atoms with Crippen molar-refractivity contribution in [3.63, 3.8) is 0 Å². The molecule has 7 heteroatoms. The van der Waals surface area contributed by atoms with Crippen molar-refractivity contribution < 1.29 is 17.9 Å². The fourth-order valence-corrected chi connectivity index (χ4v) is 5.72. The molecule has 6 nitrogen and oxygen atoms in total. The van der Waals surface area contributed by atoms with E-state index in [1.807, 2.05) is 61.5 Å². The van der Waals surface area contributed by atoms with Crippen LogP contribution in [0.25, 0.3) is 0 Å². The van der Waals surface area contributed by atoms with Gasteiger partial charge in [-0.05, 0) is 60.6 Å². The van der Waals surface area contributed by atoms with Crippen molar-refractivity contribution in [3.05, 3.63) is 95.1 Å². The maximum Gasteiger partial charge on any atom is 0.257 e. The molecule has 1 aliphatic heterocycles. The van der Waals surface area contributed by atoms with Crippen LogP contribution in [0, 0.1) is 12.8 Å². The molecule has 0 unspecified atom stereocenters.